The summed E-state index contributed by atoms with van der Waals surface area (Å²) < 4.78 is 1.75. The summed E-state index contributed by atoms with van der Waals surface area (Å²) in [6.07, 6.45) is 5.40. The molecule has 1 fully saturated rings. The maximum atomic E-state index is 13.1. The summed E-state index contributed by atoms with van der Waals surface area (Å²) in [4.78, 5) is 32.5. The Morgan fingerprint density at radius 1 is 1.24 bits per heavy atom. The van der Waals surface area contributed by atoms with Crippen LogP contribution in [0.4, 0.5) is 0 Å². The van der Waals surface area contributed by atoms with Gasteiger partial charge < -0.3 is 10.2 Å². The minimum absolute atomic E-state index is 0.0196. The third-order valence-electron chi connectivity index (χ3n) is 5.63. The van der Waals surface area contributed by atoms with E-state index in [9.17, 15) is 9.59 Å². The Labute approximate surface area is 177 Å². The largest absolute Gasteiger partial charge is 0.353 e. The Hall–Kier alpha value is -1.86. The molecule has 3 rings (SSSR count). The van der Waals surface area contributed by atoms with Gasteiger partial charge in [0.05, 0.1) is 16.7 Å². The molecule has 1 amide bonds. The topological polar surface area (TPSA) is 67.2 Å². The van der Waals surface area contributed by atoms with Crippen LogP contribution in [0.1, 0.15) is 46.0 Å². The summed E-state index contributed by atoms with van der Waals surface area (Å²) in [7, 11) is 0. The Morgan fingerprint density at radius 2 is 1.97 bits per heavy atom. The van der Waals surface area contributed by atoms with Gasteiger partial charge in [-0.15, -0.1) is 0 Å². The van der Waals surface area contributed by atoms with Crippen molar-refractivity contribution < 1.29 is 4.79 Å². The standard InChI is InChI=1S/C22H32N4O2S/c1-3-25(4-2)14-9-15-26-21(28)18-12-7-8-13-19(18)24-22(26)29-16-20(27)23-17-10-5-6-11-17/h7-8,12-13,17H,3-6,9-11,14-16H2,1-2H3,(H,23,27). The number of carbonyl (C=O) groups is 1. The number of nitrogens with zero attached hydrogens (tertiary/aromatic N) is 3. The Morgan fingerprint density at radius 3 is 2.69 bits per heavy atom. The van der Waals surface area contributed by atoms with E-state index in [2.05, 4.69) is 24.1 Å². The predicted octanol–water partition coefficient (Wildman–Crippen LogP) is 3.28. The van der Waals surface area contributed by atoms with Crippen molar-refractivity contribution in [3.63, 3.8) is 0 Å². The molecule has 158 valence electrons. The number of thioether (sulfide) groups is 1. The molecule has 1 aliphatic rings. The maximum Gasteiger partial charge on any atom is 0.262 e. The Kier molecular flexibility index (Phi) is 8.12. The van der Waals surface area contributed by atoms with Gasteiger partial charge in [0.15, 0.2) is 5.16 Å². The SMILES string of the molecule is CCN(CC)CCCn1c(SCC(=O)NC2CCCC2)nc2ccccc2c1=O. The van der Waals surface area contributed by atoms with Crippen molar-refractivity contribution in [1.82, 2.24) is 19.8 Å². The lowest BCUT2D eigenvalue weighted by Gasteiger charge is -2.19. The van der Waals surface area contributed by atoms with Crippen molar-refractivity contribution in [3.05, 3.63) is 34.6 Å². The van der Waals surface area contributed by atoms with Gasteiger partial charge in [0.2, 0.25) is 5.91 Å². The first kappa shape index (κ1) is 21.8. The van der Waals surface area contributed by atoms with Crippen LogP contribution in [0, 0.1) is 0 Å². The number of nitrogens with one attached hydrogen (secondary N) is 1. The third kappa shape index (κ3) is 5.82. The quantitative estimate of drug-likeness (QED) is 0.476. The fraction of sp³-hybridized carbons (Fsp3) is 0.591. The van der Waals surface area contributed by atoms with Crippen molar-refractivity contribution >= 4 is 28.6 Å². The van der Waals surface area contributed by atoms with Crippen LogP contribution < -0.4 is 10.9 Å². The van der Waals surface area contributed by atoms with Crippen molar-refractivity contribution in [2.45, 2.75) is 63.7 Å². The van der Waals surface area contributed by atoms with Crippen molar-refractivity contribution in [3.8, 4) is 0 Å². The summed E-state index contributed by atoms with van der Waals surface area (Å²) in [6, 6.07) is 7.75. The van der Waals surface area contributed by atoms with Gasteiger partial charge in [-0.2, -0.15) is 0 Å². The lowest BCUT2D eigenvalue weighted by molar-refractivity contribution is -0.119. The zero-order valence-electron chi connectivity index (χ0n) is 17.5. The van der Waals surface area contributed by atoms with Crippen LogP contribution in [-0.4, -0.2) is 51.8 Å². The minimum atomic E-state index is -0.0196. The van der Waals surface area contributed by atoms with E-state index in [1.54, 1.807) is 4.57 Å². The zero-order chi connectivity index (χ0) is 20.6. The molecular formula is C22H32N4O2S. The van der Waals surface area contributed by atoms with E-state index < -0.39 is 0 Å². The Bertz CT molecular complexity index is 873. The van der Waals surface area contributed by atoms with Gasteiger partial charge in [-0.1, -0.05) is 50.6 Å². The van der Waals surface area contributed by atoms with Crippen molar-refractivity contribution in [2.75, 3.05) is 25.4 Å². The average molecular weight is 417 g/mol. The molecule has 0 bridgehead atoms. The number of carbonyl (C=O) groups excluding carboxylic acids is 1. The second kappa shape index (κ2) is 10.8. The second-order valence-corrected chi connectivity index (χ2v) is 8.53. The molecule has 1 aromatic heterocycles. The summed E-state index contributed by atoms with van der Waals surface area (Å²) in [5, 5.41) is 4.38. The maximum absolute atomic E-state index is 13.1. The van der Waals surface area contributed by atoms with Crippen LogP contribution in [0.15, 0.2) is 34.2 Å². The van der Waals surface area contributed by atoms with E-state index in [1.165, 1.54) is 24.6 Å². The van der Waals surface area contributed by atoms with Gasteiger partial charge in [0.1, 0.15) is 0 Å². The second-order valence-electron chi connectivity index (χ2n) is 7.59. The van der Waals surface area contributed by atoms with Gasteiger partial charge >= 0.3 is 0 Å². The van der Waals surface area contributed by atoms with Crippen molar-refractivity contribution in [1.29, 1.82) is 0 Å². The number of hydrogen-bond acceptors (Lipinski definition) is 5. The molecule has 0 aliphatic heterocycles. The number of para-hydroxylation sites is 1. The number of amides is 1. The van der Waals surface area contributed by atoms with Crippen LogP contribution in [0.3, 0.4) is 0 Å². The molecular weight excluding hydrogens is 384 g/mol. The number of hydrogen-bond donors (Lipinski definition) is 1. The molecule has 0 saturated heterocycles. The predicted molar refractivity (Wildman–Crippen MR) is 120 cm³/mol. The van der Waals surface area contributed by atoms with E-state index in [-0.39, 0.29) is 17.2 Å². The summed E-state index contributed by atoms with van der Waals surface area (Å²) in [5.74, 6) is 0.316. The van der Waals surface area contributed by atoms with Crippen LogP contribution in [-0.2, 0) is 11.3 Å². The molecule has 1 heterocycles. The monoisotopic (exact) mass is 416 g/mol. The molecule has 1 saturated carbocycles. The van der Waals surface area contributed by atoms with Crippen LogP contribution in [0.25, 0.3) is 10.9 Å². The first-order chi connectivity index (χ1) is 14.1. The highest BCUT2D eigenvalue weighted by atomic mass is 32.2. The van der Waals surface area contributed by atoms with E-state index in [0.29, 0.717) is 28.6 Å². The third-order valence-corrected chi connectivity index (χ3v) is 6.61. The highest BCUT2D eigenvalue weighted by molar-refractivity contribution is 7.99. The summed E-state index contributed by atoms with van der Waals surface area (Å²) >= 11 is 1.36. The molecule has 2 aromatic rings. The number of rotatable bonds is 10. The van der Waals surface area contributed by atoms with Gasteiger partial charge in [-0.3, -0.25) is 14.2 Å². The zero-order valence-corrected chi connectivity index (χ0v) is 18.3. The molecule has 0 spiro atoms. The number of aromatic nitrogens is 2. The van der Waals surface area contributed by atoms with Gasteiger partial charge in [-0.25, -0.2) is 4.98 Å². The molecule has 1 N–H and O–H groups in total. The van der Waals surface area contributed by atoms with E-state index in [4.69, 9.17) is 4.98 Å². The molecule has 1 aliphatic carbocycles. The number of benzene rings is 1. The van der Waals surface area contributed by atoms with Gasteiger partial charge in [0, 0.05) is 12.6 Å². The van der Waals surface area contributed by atoms with E-state index in [0.717, 1.165) is 38.9 Å². The fourth-order valence-corrected chi connectivity index (χ4v) is 4.75. The normalized spacial score (nSPS) is 14.7. The van der Waals surface area contributed by atoms with Crippen molar-refractivity contribution in [2.24, 2.45) is 0 Å². The first-order valence-corrected chi connectivity index (χ1v) is 11.7. The highest BCUT2D eigenvalue weighted by Gasteiger charge is 2.18. The van der Waals surface area contributed by atoms with Gasteiger partial charge in [0.25, 0.3) is 5.56 Å². The Balaban J connectivity index is 1.74. The molecule has 7 heteroatoms. The summed E-state index contributed by atoms with van der Waals surface area (Å²) in [5.41, 5.74) is 0.671. The van der Waals surface area contributed by atoms with Crippen LogP contribution in [0.2, 0.25) is 0 Å². The average Bonchev–Trinajstić information content (AvgIpc) is 3.24. The molecule has 0 unspecified atom stereocenters. The first-order valence-electron chi connectivity index (χ1n) is 10.8. The minimum Gasteiger partial charge on any atom is -0.353 e. The fourth-order valence-electron chi connectivity index (χ4n) is 3.92. The lowest BCUT2D eigenvalue weighted by Crippen LogP contribution is -2.34. The van der Waals surface area contributed by atoms with Crippen LogP contribution in [0.5, 0.6) is 0 Å². The molecule has 0 atom stereocenters. The smallest absolute Gasteiger partial charge is 0.262 e. The highest BCUT2D eigenvalue weighted by Crippen LogP contribution is 2.20. The molecule has 6 nitrogen and oxygen atoms in total. The van der Waals surface area contributed by atoms with E-state index in [1.807, 2.05) is 24.3 Å². The van der Waals surface area contributed by atoms with Crippen LogP contribution >= 0.6 is 11.8 Å². The van der Waals surface area contributed by atoms with E-state index >= 15 is 0 Å². The lowest BCUT2D eigenvalue weighted by atomic mass is 10.2. The van der Waals surface area contributed by atoms with Gasteiger partial charge in [-0.05, 0) is 51.0 Å². The molecule has 0 radical (unpaired) electrons. The molecule has 1 aromatic carbocycles. The number of fused-ring (bicyclic) bond motifs is 1. The molecule has 29 heavy (non-hydrogen) atoms. The summed E-state index contributed by atoms with van der Waals surface area (Å²) in [6.45, 7) is 7.86.